The number of aryl methyl sites for hydroxylation is 1. The number of aliphatic imine (C=N–C) groups is 1. The van der Waals surface area contributed by atoms with E-state index in [1.807, 2.05) is 18.3 Å². The molecule has 0 aliphatic heterocycles. The second-order valence-corrected chi connectivity index (χ2v) is 7.03. The van der Waals surface area contributed by atoms with Gasteiger partial charge in [0.25, 0.3) is 0 Å². The molecule has 0 amide bonds. The number of rotatable bonds is 6. The van der Waals surface area contributed by atoms with Crippen LogP contribution in [0.5, 0.6) is 0 Å². The Morgan fingerprint density at radius 3 is 2.50 bits per heavy atom. The highest BCUT2D eigenvalue weighted by Gasteiger charge is 2.03. The third-order valence-corrected chi connectivity index (χ3v) is 4.79. The van der Waals surface area contributed by atoms with Crippen molar-refractivity contribution in [1.29, 1.82) is 0 Å². The Morgan fingerprint density at radius 1 is 1.21 bits per heavy atom. The summed E-state index contributed by atoms with van der Waals surface area (Å²) >= 11 is 13.7. The normalized spacial score (nSPS) is 11.1. The van der Waals surface area contributed by atoms with Crippen LogP contribution in [0.1, 0.15) is 22.4 Å². The Balaban J connectivity index is 0.00000288. The van der Waals surface area contributed by atoms with E-state index in [-0.39, 0.29) is 24.0 Å². The molecule has 2 N–H and O–H groups in total. The number of nitrogens with one attached hydrogen (secondary N) is 2. The fraction of sp³-hybridized carbons (Fsp3) is 0.375. The predicted molar refractivity (Wildman–Crippen MR) is 115 cm³/mol. The zero-order valence-electron chi connectivity index (χ0n) is 13.6. The van der Waals surface area contributed by atoms with Gasteiger partial charge in [-0.15, -0.1) is 35.3 Å². The summed E-state index contributed by atoms with van der Waals surface area (Å²) in [5, 5.41) is 8.92. The summed E-state index contributed by atoms with van der Waals surface area (Å²) in [7, 11) is 1.75. The van der Waals surface area contributed by atoms with Crippen LogP contribution in [-0.4, -0.2) is 24.5 Å². The quantitative estimate of drug-likeness (QED) is 0.349. The lowest BCUT2D eigenvalue weighted by atomic mass is 10.1. The van der Waals surface area contributed by atoms with Crippen LogP contribution in [0.25, 0.3) is 0 Å². The van der Waals surface area contributed by atoms with Gasteiger partial charge in [-0.2, -0.15) is 0 Å². The summed E-state index contributed by atoms with van der Waals surface area (Å²) in [6.45, 7) is 3.55. The molecule has 0 saturated heterocycles. The average Bonchev–Trinajstić information content (AvgIpc) is 2.97. The molecule has 24 heavy (non-hydrogen) atoms. The molecule has 2 aromatic rings. The third kappa shape index (κ3) is 7.13. The van der Waals surface area contributed by atoms with Gasteiger partial charge in [-0.3, -0.25) is 4.99 Å². The summed E-state index contributed by atoms with van der Waals surface area (Å²) in [5.74, 6) is 0.756. The molecule has 0 atom stereocenters. The molecule has 1 heterocycles. The Hall–Kier alpha value is -0.570. The summed E-state index contributed by atoms with van der Waals surface area (Å²) < 4.78 is 0. The second-order valence-electron chi connectivity index (χ2n) is 4.95. The van der Waals surface area contributed by atoms with Crippen molar-refractivity contribution in [1.82, 2.24) is 15.6 Å². The lowest BCUT2D eigenvalue weighted by Crippen LogP contribution is -2.37. The Labute approximate surface area is 174 Å². The van der Waals surface area contributed by atoms with Gasteiger partial charge in [-0.1, -0.05) is 30.1 Å². The van der Waals surface area contributed by atoms with Crippen LogP contribution in [0.2, 0.25) is 10.0 Å². The van der Waals surface area contributed by atoms with Crippen molar-refractivity contribution in [3.63, 3.8) is 0 Å². The van der Waals surface area contributed by atoms with Gasteiger partial charge in [-0.05, 0) is 36.6 Å². The number of aromatic nitrogens is 1. The molecule has 0 fully saturated rings. The van der Waals surface area contributed by atoms with E-state index in [0.29, 0.717) is 16.6 Å². The number of benzene rings is 1. The molecule has 0 radical (unpaired) electrons. The minimum atomic E-state index is 0. The molecular formula is C16H21Cl2IN4S. The fourth-order valence-corrected chi connectivity index (χ4v) is 3.43. The minimum Gasteiger partial charge on any atom is -0.356 e. The average molecular weight is 499 g/mol. The van der Waals surface area contributed by atoms with Crippen LogP contribution in [0.3, 0.4) is 0 Å². The van der Waals surface area contributed by atoms with Crippen molar-refractivity contribution in [2.45, 2.75) is 26.3 Å². The molecular weight excluding hydrogens is 478 g/mol. The largest absolute Gasteiger partial charge is 0.356 e. The molecule has 0 unspecified atom stereocenters. The van der Waals surface area contributed by atoms with Gasteiger partial charge >= 0.3 is 0 Å². The van der Waals surface area contributed by atoms with Crippen molar-refractivity contribution in [2.75, 3.05) is 13.6 Å². The smallest absolute Gasteiger partial charge is 0.191 e. The first-order chi connectivity index (χ1) is 11.1. The summed E-state index contributed by atoms with van der Waals surface area (Å²) in [6.07, 6.45) is 3.77. The third-order valence-electron chi connectivity index (χ3n) is 3.21. The van der Waals surface area contributed by atoms with E-state index in [2.05, 4.69) is 27.5 Å². The van der Waals surface area contributed by atoms with E-state index in [1.54, 1.807) is 24.5 Å². The zero-order chi connectivity index (χ0) is 16.7. The van der Waals surface area contributed by atoms with E-state index in [0.717, 1.165) is 35.9 Å². The minimum absolute atomic E-state index is 0. The number of halogens is 3. The number of hydrogen-bond donors (Lipinski definition) is 2. The molecule has 0 aliphatic rings. The van der Waals surface area contributed by atoms with Crippen molar-refractivity contribution in [3.05, 3.63) is 49.9 Å². The molecule has 0 aliphatic carbocycles. The first kappa shape index (κ1) is 21.5. The van der Waals surface area contributed by atoms with Gasteiger partial charge in [0, 0.05) is 34.7 Å². The SMILES string of the molecule is CCc1cnc(CNC(=NC)NCCc2cc(Cl)cc(Cl)c2)s1.I. The van der Waals surface area contributed by atoms with Crippen LogP contribution >= 0.6 is 58.5 Å². The number of thiazole rings is 1. The van der Waals surface area contributed by atoms with E-state index in [9.17, 15) is 0 Å². The Kier molecular flexibility index (Phi) is 9.95. The van der Waals surface area contributed by atoms with E-state index >= 15 is 0 Å². The standard InChI is InChI=1S/C16H20Cl2N4S.HI/c1-3-14-9-21-15(23-14)10-22-16(19-2)20-5-4-11-6-12(17)8-13(18)7-11;/h6-9H,3-5,10H2,1-2H3,(H2,19,20,22);1H. The predicted octanol–water partition coefficient (Wildman–Crippen LogP) is 4.54. The summed E-state index contributed by atoms with van der Waals surface area (Å²) in [4.78, 5) is 9.89. The van der Waals surface area contributed by atoms with E-state index in [1.165, 1.54) is 4.88 Å². The van der Waals surface area contributed by atoms with Gasteiger partial charge in [0.2, 0.25) is 0 Å². The van der Waals surface area contributed by atoms with Crippen LogP contribution in [0.4, 0.5) is 0 Å². The molecule has 0 saturated carbocycles. The maximum Gasteiger partial charge on any atom is 0.191 e. The highest BCUT2D eigenvalue weighted by Crippen LogP contribution is 2.19. The van der Waals surface area contributed by atoms with E-state index in [4.69, 9.17) is 23.2 Å². The van der Waals surface area contributed by atoms with Gasteiger partial charge < -0.3 is 10.6 Å². The highest BCUT2D eigenvalue weighted by molar-refractivity contribution is 14.0. The van der Waals surface area contributed by atoms with Crippen molar-refractivity contribution in [2.24, 2.45) is 4.99 Å². The fourth-order valence-electron chi connectivity index (χ4n) is 2.05. The molecule has 0 bridgehead atoms. The zero-order valence-corrected chi connectivity index (χ0v) is 18.3. The summed E-state index contributed by atoms with van der Waals surface area (Å²) in [5.41, 5.74) is 1.10. The molecule has 132 valence electrons. The number of nitrogens with zero attached hydrogens (tertiary/aromatic N) is 2. The molecule has 1 aromatic heterocycles. The maximum absolute atomic E-state index is 6.00. The maximum atomic E-state index is 6.00. The van der Waals surface area contributed by atoms with Gasteiger partial charge in [0.15, 0.2) is 5.96 Å². The van der Waals surface area contributed by atoms with Gasteiger partial charge in [0.05, 0.1) is 6.54 Å². The van der Waals surface area contributed by atoms with Gasteiger partial charge in [0.1, 0.15) is 5.01 Å². The topological polar surface area (TPSA) is 49.3 Å². The van der Waals surface area contributed by atoms with Crippen LogP contribution in [-0.2, 0) is 19.4 Å². The van der Waals surface area contributed by atoms with Crippen molar-refractivity contribution in [3.8, 4) is 0 Å². The highest BCUT2D eigenvalue weighted by atomic mass is 127. The number of guanidine groups is 1. The first-order valence-electron chi connectivity index (χ1n) is 7.43. The summed E-state index contributed by atoms with van der Waals surface area (Å²) in [6, 6.07) is 5.58. The molecule has 4 nitrogen and oxygen atoms in total. The molecule has 8 heteroatoms. The molecule has 0 spiro atoms. The van der Waals surface area contributed by atoms with Crippen LogP contribution in [0.15, 0.2) is 29.4 Å². The monoisotopic (exact) mass is 498 g/mol. The van der Waals surface area contributed by atoms with E-state index < -0.39 is 0 Å². The first-order valence-corrected chi connectivity index (χ1v) is 9.01. The van der Waals surface area contributed by atoms with Crippen molar-refractivity contribution >= 4 is 64.5 Å². The van der Waals surface area contributed by atoms with Gasteiger partial charge in [-0.25, -0.2) is 4.98 Å². The van der Waals surface area contributed by atoms with Crippen molar-refractivity contribution < 1.29 is 0 Å². The Morgan fingerprint density at radius 2 is 1.92 bits per heavy atom. The second kappa shape index (κ2) is 11.1. The lowest BCUT2D eigenvalue weighted by Gasteiger charge is -2.11. The van der Waals surface area contributed by atoms with Crippen LogP contribution in [0, 0.1) is 0 Å². The van der Waals surface area contributed by atoms with Crippen LogP contribution < -0.4 is 10.6 Å². The lowest BCUT2D eigenvalue weighted by molar-refractivity contribution is 0.792. The number of hydrogen-bond acceptors (Lipinski definition) is 3. The Bertz CT molecular complexity index is 656. The molecule has 2 rings (SSSR count). The molecule has 1 aromatic carbocycles.